The highest BCUT2D eigenvalue weighted by Gasteiger charge is 2.46. The van der Waals surface area contributed by atoms with Gasteiger partial charge in [0.15, 0.2) is 0 Å². The molecule has 104 valence electrons. The summed E-state index contributed by atoms with van der Waals surface area (Å²) < 4.78 is 37.6. The van der Waals surface area contributed by atoms with Crippen molar-refractivity contribution >= 4 is 5.69 Å². The summed E-state index contributed by atoms with van der Waals surface area (Å²) in [6.07, 6.45) is -5.13. The lowest BCUT2D eigenvalue weighted by Gasteiger charge is -2.42. The molecule has 1 aliphatic rings. The third-order valence-corrected chi connectivity index (χ3v) is 3.26. The Balaban J connectivity index is 2.48. The van der Waals surface area contributed by atoms with E-state index in [0.717, 1.165) is 12.1 Å². The molecule has 0 aliphatic heterocycles. The van der Waals surface area contributed by atoms with E-state index in [0.29, 0.717) is 6.07 Å². The van der Waals surface area contributed by atoms with Gasteiger partial charge in [-0.2, -0.15) is 13.2 Å². The third kappa shape index (κ3) is 2.41. The molecule has 1 aliphatic carbocycles. The first-order valence-corrected chi connectivity index (χ1v) is 5.46. The number of nitrogens with zero attached hydrogens (tertiary/aromatic N) is 1. The molecule has 0 amide bonds. The van der Waals surface area contributed by atoms with Crippen LogP contribution in [0.3, 0.4) is 0 Å². The topological polar surface area (TPSA) is 89.4 Å². The predicted octanol–water partition coefficient (Wildman–Crippen LogP) is 1.92. The lowest BCUT2D eigenvalue weighted by Crippen LogP contribution is -2.51. The highest BCUT2D eigenvalue weighted by Crippen LogP contribution is 2.44. The molecule has 1 saturated carbocycles. The fraction of sp³-hybridized carbons (Fsp3) is 0.455. The predicted molar refractivity (Wildman–Crippen MR) is 59.2 cm³/mol. The van der Waals surface area contributed by atoms with Crippen LogP contribution in [0.4, 0.5) is 18.9 Å². The van der Waals surface area contributed by atoms with E-state index >= 15 is 0 Å². The van der Waals surface area contributed by atoms with Gasteiger partial charge in [-0.3, -0.25) is 10.1 Å². The van der Waals surface area contributed by atoms with Crippen molar-refractivity contribution in [1.29, 1.82) is 0 Å². The van der Waals surface area contributed by atoms with E-state index in [1.165, 1.54) is 0 Å². The summed E-state index contributed by atoms with van der Waals surface area (Å²) >= 11 is 0. The molecular weight excluding hydrogens is 265 g/mol. The molecule has 0 spiro atoms. The number of benzene rings is 1. The van der Waals surface area contributed by atoms with Crippen molar-refractivity contribution in [3.63, 3.8) is 0 Å². The Morgan fingerprint density at radius 3 is 2.42 bits per heavy atom. The Hall–Kier alpha value is -1.67. The maximum absolute atomic E-state index is 12.5. The molecule has 0 aromatic heterocycles. The number of nitrogens with two attached hydrogens (primary N) is 1. The van der Waals surface area contributed by atoms with E-state index in [-0.39, 0.29) is 18.4 Å². The first-order valence-electron chi connectivity index (χ1n) is 5.46. The van der Waals surface area contributed by atoms with Gasteiger partial charge in [0.05, 0.1) is 22.1 Å². The number of aliphatic hydroxyl groups excluding tert-OH is 1. The van der Waals surface area contributed by atoms with E-state index in [1.54, 1.807) is 0 Å². The van der Waals surface area contributed by atoms with Crippen LogP contribution in [0.15, 0.2) is 18.2 Å². The van der Waals surface area contributed by atoms with Gasteiger partial charge in [-0.15, -0.1) is 0 Å². The number of aliphatic hydroxyl groups is 1. The van der Waals surface area contributed by atoms with E-state index < -0.39 is 34.0 Å². The largest absolute Gasteiger partial charge is 0.416 e. The Labute approximate surface area is 106 Å². The minimum absolute atomic E-state index is 0.0239. The van der Waals surface area contributed by atoms with Gasteiger partial charge in [-0.1, -0.05) is 0 Å². The highest BCUT2D eigenvalue weighted by atomic mass is 19.4. The van der Waals surface area contributed by atoms with Gasteiger partial charge < -0.3 is 10.8 Å². The van der Waals surface area contributed by atoms with E-state index in [2.05, 4.69) is 0 Å². The monoisotopic (exact) mass is 276 g/mol. The van der Waals surface area contributed by atoms with Crippen LogP contribution < -0.4 is 5.73 Å². The molecule has 1 fully saturated rings. The smallest absolute Gasteiger partial charge is 0.393 e. The maximum Gasteiger partial charge on any atom is 0.416 e. The molecule has 1 aromatic carbocycles. The van der Waals surface area contributed by atoms with Crippen molar-refractivity contribution in [2.45, 2.75) is 30.7 Å². The summed E-state index contributed by atoms with van der Waals surface area (Å²) in [5.41, 5.74) is 3.00. The summed E-state index contributed by atoms with van der Waals surface area (Å²) in [5.74, 6) is 0. The first kappa shape index (κ1) is 13.8. The summed E-state index contributed by atoms with van der Waals surface area (Å²) in [5, 5.41) is 20.1. The van der Waals surface area contributed by atoms with Gasteiger partial charge in [0.2, 0.25) is 0 Å². The Bertz CT molecular complexity index is 524. The van der Waals surface area contributed by atoms with E-state index in [1.807, 2.05) is 0 Å². The normalized spacial score (nSPS) is 26.9. The molecule has 0 radical (unpaired) electrons. The number of hydrogen-bond donors (Lipinski definition) is 2. The Kier molecular flexibility index (Phi) is 3.02. The van der Waals surface area contributed by atoms with Gasteiger partial charge in [-0.25, -0.2) is 0 Å². The van der Waals surface area contributed by atoms with Crippen LogP contribution in [0.1, 0.15) is 24.0 Å². The lowest BCUT2D eigenvalue weighted by molar-refractivity contribution is -0.386. The van der Waals surface area contributed by atoms with Crippen LogP contribution in [0.5, 0.6) is 0 Å². The fourth-order valence-electron chi connectivity index (χ4n) is 2.28. The molecule has 19 heavy (non-hydrogen) atoms. The molecule has 1 aromatic rings. The van der Waals surface area contributed by atoms with Crippen LogP contribution in [0.2, 0.25) is 0 Å². The second-order valence-corrected chi connectivity index (χ2v) is 4.71. The van der Waals surface area contributed by atoms with Crippen molar-refractivity contribution in [1.82, 2.24) is 0 Å². The Morgan fingerprint density at radius 2 is 2.00 bits per heavy atom. The lowest BCUT2D eigenvalue weighted by atomic mass is 9.70. The second kappa shape index (κ2) is 4.17. The molecular formula is C11H11F3N2O3. The van der Waals surface area contributed by atoms with Crippen LogP contribution in [0.25, 0.3) is 0 Å². The SMILES string of the molecule is NC1(c2ccc(C(F)(F)F)cc2[N+](=O)[O-])CC(O)C1. The average molecular weight is 276 g/mol. The quantitative estimate of drug-likeness (QED) is 0.638. The molecule has 5 nitrogen and oxygen atoms in total. The minimum atomic E-state index is -4.65. The summed E-state index contributed by atoms with van der Waals surface area (Å²) in [6.45, 7) is 0. The van der Waals surface area contributed by atoms with Gasteiger partial charge in [0.1, 0.15) is 0 Å². The van der Waals surface area contributed by atoms with Gasteiger partial charge in [0, 0.05) is 11.6 Å². The molecule has 8 heteroatoms. The van der Waals surface area contributed by atoms with Gasteiger partial charge >= 0.3 is 6.18 Å². The molecule has 0 saturated heterocycles. The van der Waals surface area contributed by atoms with Crippen LogP contribution in [-0.4, -0.2) is 16.1 Å². The average Bonchev–Trinajstić information content (AvgIpc) is 2.25. The zero-order valence-electron chi connectivity index (χ0n) is 9.65. The molecule has 0 atom stereocenters. The molecule has 3 N–H and O–H groups in total. The third-order valence-electron chi connectivity index (χ3n) is 3.26. The molecule has 2 rings (SSSR count). The van der Waals surface area contributed by atoms with Crippen molar-refractivity contribution < 1.29 is 23.2 Å². The number of rotatable bonds is 2. The van der Waals surface area contributed by atoms with Crippen molar-refractivity contribution in [3.05, 3.63) is 39.4 Å². The van der Waals surface area contributed by atoms with Gasteiger partial charge in [0.25, 0.3) is 5.69 Å². The standard InChI is InChI=1S/C11H11F3N2O3/c12-11(13,14)6-1-2-8(9(3-6)16(18)19)10(15)4-7(17)5-10/h1-3,7,17H,4-5,15H2. The van der Waals surface area contributed by atoms with Gasteiger partial charge in [-0.05, 0) is 25.0 Å². The fourth-order valence-corrected chi connectivity index (χ4v) is 2.28. The maximum atomic E-state index is 12.5. The van der Waals surface area contributed by atoms with E-state index in [4.69, 9.17) is 5.73 Å². The zero-order chi connectivity index (χ0) is 14.4. The molecule has 0 bridgehead atoms. The number of nitro benzene ring substituents is 1. The van der Waals surface area contributed by atoms with Crippen molar-refractivity contribution in [3.8, 4) is 0 Å². The number of nitro groups is 1. The van der Waals surface area contributed by atoms with Crippen molar-refractivity contribution in [2.24, 2.45) is 5.73 Å². The zero-order valence-corrected chi connectivity index (χ0v) is 9.65. The molecule has 0 heterocycles. The second-order valence-electron chi connectivity index (χ2n) is 4.71. The number of alkyl halides is 3. The van der Waals surface area contributed by atoms with Crippen molar-refractivity contribution in [2.75, 3.05) is 0 Å². The van der Waals surface area contributed by atoms with Crippen LogP contribution in [-0.2, 0) is 11.7 Å². The summed E-state index contributed by atoms with van der Waals surface area (Å²) in [6, 6.07) is 2.27. The number of halogens is 3. The summed E-state index contributed by atoms with van der Waals surface area (Å²) in [7, 11) is 0. The molecule has 0 unspecified atom stereocenters. The Morgan fingerprint density at radius 1 is 1.42 bits per heavy atom. The highest BCUT2D eigenvalue weighted by molar-refractivity contribution is 5.49. The number of hydrogen-bond acceptors (Lipinski definition) is 4. The van der Waals surface area contributed by atoms with E-state index in [9.17, 15) is 28.4 Å². The minimum Gasteiger partial charge on any atom is -0.393 e. The summed E-state index contributed by atoms with van der Waals surface area (Å²) in [4.78, 5) is 10.0. The van der Waals surface area contributed by atoms with Crippen LogP contribution in [0, 0.1) is 10.1 Å². The van der Waals surface area contributed by atoms with Crippen LogP contribution >= 0.6 is 0 Å². The first-order chi connectivity index (χ1) is 8.63.